The number of hydrogen-bond donors (Lipinski definition) is 0. The Labute approximate surface area is 136 Å². The fourth-order valence-electron chi connectivity index (χ4n) is 2.29. The molecule has 2 heterocycles. The molecule has 0 atom stereocenters. The van der Waals surface area contributed by atoms with Gasteiger partial charge in [-0.2, -0.15) is 9.61 Å². The van der Waals surface area contributed by atoms with Crippen molar-refractivity contribution in [3.05, 3.63) is 59.1 Å². The SMILES string of the molecule is Cc1cccc(-c2nn3c(-c4ccc(Cl)cc4)nnc3s2)c1. The van der Waals surface area contributed by atoms with E-state index in [9.17, 15) is 0 Å². The van der Waals surface area contributed by atoms with Gasteiger partial charge in [0.1, 0.15) is 5.01 Å². The molecule has 6 heteroatoms. The summed E-state index contributed by atoms with van der Waals surface area (Å²) in [5.74, 6) is 0.724. The van der Waals surface area contributed by atoms with E-state index in [1.807, 2.05) is 30.3 Å². The molecule has 108 valence electrons. The summed E-state index contributed by atoms with van der Waals surface area (Å²) in [6.45, 7) is 2.07. The van der Waals surface area contributed by atoms with Gasteiger partial charge in [0.15, 0.2) is 5.82 Å². The number of hydrogen-bond acceptors (Lipinski definition) is 4. The first-order valence-electron chi connectivity index (χ1n) is 6.76. The Hall–Kier alpha value is -2.24. The van der Waals surface area contributed by atoms with E-state index in [1.165, 1.54) is 16.9 Å². The lowest BCUT2D eigenvalue weighted by molar-refractivity contribution is 0.970. The molecule has 0 spiro atoms. The van der Waals surface area contributed by atoms with Crippen LogP contribution in [0.4, 0.5) is 0 Å². The van der Waals surface area contributed by atoms with E-state index in [0.717, 1.165) is 26.9 Å². The van der Waals surface area contributed by atoms with Crippen LogP contribution < -0.4 is 0 Å². The Balaban J connectivity index is 1.84. The van der Waals surface area contributed by atoms with Crippen molar-refractivity contribution in [3.63, 3.8) is 0 Å². The van der Waals surface area contributed by atoms with Gasteiger partial charge in [0.25, 0.3) is 0 Å². The molecule has 0 aliphatic rings. The van der Waals surface area contributed by atoms with E-state index in [1.54, 1.807) is 4.52 Å². The molecule has 0 aliphatic heterocycles. The Morgan fingerprint density at radius 3 is 2.59 bits per heavy atom. The van der Waals surface area contributed by atoms with E-state index in [2.05, 4.69) is 40.4 Å². The van der Waals surface area contributed by atoms with Gasteiger partial charge < -0.3 is 0 Å². The molecule has 0 saturated heterocycles. The molecule has 0 bridgehead atoms. The van der Waals surface area contributed by atoms with Gasteiger partial charge in [-0.25, -0.2) is 0 Å². The van der Waals surface area contributed by atoms with Crippen molar-refractivity contribution in [2.45, 2.75) is 6.92 Å². The second-order valence-corrected chi connectivity index (χ2v) is 6.39. The average molecular weight is 327 g/mol. The molecule has 0 fully saturated rings. The highest BCUT2D eigenvalue weighted by molar-refractivity contribution is 7.19. The van der Waals surface area contributed by atoms with Crippen LogP contribution in [0.3, 0.4) is 0 Å². The molecule has 4 aromatic rings. The third-order valence-electron chi connectivity index (χ3n) is 3.36. The van der Waals surface area contributed by atoms with E-state index in [4.69, 9.17) is 11.6 Å². The van der Waals surface area contributed by atoms with Crippen LogP contribution in [0.1, 0.15) is 5.56 Å². The van der Waals surface area contributed by atoms with Crippen molar-refractivity contribution >= 4 is 27.9 Å². The molecule has 0 radical (unpaired) electrons. The normalized spacial score (nSPS) is 11.2. The Bertz CT molecular complexity index is 956. The molecule has 0 aliphatic carbocycles. The first-order valence-corrected chi connectivity index (χ1v) is 7.95. The standard InChI is InChI=1S/C16H11ClN4S/c1-10-3-2-4-12(9-10)15-20-21-14(18-19-16(21)22-15)11-5-7-13(17)8-6-11/h2-9H,1H3. The van der Waals surface area contributed by atoms with Crippen molar-refractivity contribution in [2.75, 3.05) is 0 Å². The van der Waals surface area contributed by atoms with Gasteiger partial charge in [-0.1, -0.05) is 46.7 Å². The topological polar surface area (TPSA) is 43.1 Å². The fraction of sp³-hybridized carbons (Fsp3) is 0.0625. The summed E-state index contributed by atoms with van der Waals surface area (Å²) >= 11 is 7.46. The van der Waals surface area contributed by atoms with Gasteiger partial charge in [0, 0.05) is 16.1 Å². The quantitative estimate of drug-likeness (QED) is 0.545. The number of fused-ring (bicyclic) bond motifs is 1. The fourth-order valence-corrected chi connectivity index (χ4v) is 3.25. The van der Waals surface area contributed by atoms with Gasteiger partial charge in [-0.3, -0.25) is 0 Å². The lowest BCUT2D eigenvalue weighted by Crippen LogP contribution is -1.90. The van der Waals surface area contributed by atoms with Crippen LogP contribution in [-0.2, 0) is 0 Å². The number of benzene rings is 2. The third-order valence-corrected chi connectivity index (χ3v) is 4.56. The molecular formula is C16H11ClN4S. The number of halogens is 1. The van der Waals surface area contributed by atoms with Crippen LogP contribution in [-0.4, -0.2) is 19.8 Å². The van der Waals surface area contributed by atoms with E-state index >= 15 is 0 Å². The van der Waals surface area contributed by atoms with Crippen LogP contribution >= 0.6 is 22.9 Å². The minimum absolute atomic E-state index is 0.697. The highest BCUT2D eigenvalue weighted by Gasteiger charge is 2.14. The van der Waals surface area contributed by atoms with Crippen molar-refractivity contribution in [2.24, 2.45) is 0 Å². The summed E-state index contributed by atoms with van der Waals surface area (Å²) in [4.78, 5) is 0.779. The molecule has 22 heavy (non-hydrogen) atoms. The maximum atomic E-state index is 5.93. The molecule has 2 aromatic heterocycles. The largest absolute Gasteiger partial charge is 0.235 e. The van der Waals surface area contributed by atoms with Crippen LogP contribution in [0.5, 0.6) is 0 Å². The maximum absolute atomic E-state index is 5.93. The van der Waals surface area contributed by atoms with Crippen molar-refractivity contribution in [1.82, 2.24) is 19.8 Å². The molecule has 2 aromatic carbocycles. The monoisotopic (exact) mass is 326 g/mol. The van der Waals surface area contributed by atoms with Crippen LogP contribution in [0, 0.1) is 6.92 Å². The maximum Gasteiger partial charge on any atom is 0.235 e. The lowest BCUT2D eigenvalue weighted by Gasteiger charge is -1.98. The second kappa shape index (κ2) is 5.19. The third kappa shape index (κ3) is 2.28. The zero-order valence-electron chi connectivity index (χ0n) is 11.7. The smallest absolute Gasteiger partial charge is 0.182 e. The number of nitrogens with zero attached hydrogens (tertiary/aromatic N) is 4. The summed E-state index contributed by atoms with van der Waals surface area (Å²) in [6, 6.07) is 15.8. The number of aromatic nitrogens is 4. The van der Waals surface area contributed by atoms with Crippen LogP contribution in [0.15, 0.2) is 48.5 Å². The molecule has 0 N–H and O–H groups in total. The van der Waals surface area contributed by atoms with Crippen molar-refractivity contribution in [1.29, 1.82) is 0 Å². The first kappa shape index (κ1) is 13.4. The van der Waals surface area contributed by atoms with Crippen LogP contribution in [0.25, 0.3) is 26.9 Å². The molecule has 0 amide bonds. The molecule has 4 nitrogen and oxygen atoms in total. The van der Waals surface area contributed by atoms with Gasteiger partial charge >= 0.3 is 0 Å². The van der Waals surface area contributed by atoms with E-state index < -0.39 is 0 Å². The molecule has 0 unspecified atom stereocenters. The van der Waals surface area contributed by atoms with Crippen molar-refractivity contribution < 1.29 is 0 Å². The van der Waals surface area contributed by atoms with Gasteiger partial charge in [0.05, 0.1) is 0 Å². The number of rotatable bonds is 2. The van der Waals surface area contributed by atoms with Gasteiger partial charge in [-0.05, 0) is 37.3 Å². The molecule has 0 saturated carbocycles. The second-order valence-electron chi connectivity index (χ2n) is 5.00. The minimum atomic E-state index is 0.697. The average Bonchev–Trinajstić information content (AvgIpc) is 3.08. The van der Waals surface area contributed by atoms with E-state index in [-0.39, 0.29) is 0 Å². The van der Waals surface area contributed by atoms with Gasteiger partial charge in [0.2, 0.25) is 4.96 Å². The Morgan fingerprint density at radius 2 is 1.82 bits per heavy atom. The zero-order chi connectivity index (χ0) is 15.1. The zero-order valence-corrected chi connectivity index (χ0v) is 13.3. The van der Waals surface area contributed by atoms with Crippen LogP contribution in [0.2, 0.25) is 5.02 Å². The van der Waals surface area contributed by atoms with Crippen molar-refractivity contribution in [3.8, 4) is 22.0 Å². The van der Waals surface area contributed by atoms with Gasteiger partial charge in [-0.15, -0.1) is 10.2 Å². The minimum Gasteiger partial charge on any atom is -0.182 e. The summed E-state index contributed by atoms with van der Waals surface area (Å²) in [5.41, 5.74) is 3.25. The first-order chi connectivity index (χ1) is 10.7. The highest BCUT2D eigenvalue weighted by Crippen LogP contribution is 2.28. The predicted molar refractivity (Wildman–Crippen MR) is 89.3 cm³/mol. The summed E-state index contributed by atoms with van der Waals surface area (Å²) in [5, 5.41) is 14.7. The Morgan fingerprint density at radius 1 is 1.00 bits per heavy atom. The highest BCUT2D eigenvalue weighted by atomic mass is 35.5. The predicted octanol–water partition coefficient (Wildman–Crippen LogP) is 4.48. The molecule has 4 rings (SSSR count). The molecular weight excluding hydrogens is 316 g/mol. The summed E-state index contributed by atoms with van der Waals surface area (Å²) in [7, 11) is 0. The summed E-state index contributed by atoms with van der Waals surface area (Å²) < 4.78 is 1.78. The Kier molecular flexibility index (Phi) is 3.17. The van der Waals surface area contributed by atoms with E-state index in [0.29, 0.717) is 5.02 Å². The lowest BCUT2D eigenvalue weighted by atomic mass is 10.1. The number of aryl methyl sites for hydroxylation is 1. The summed E-state index contributed by atoms with van der Waals surface area (Å²) in [6.07, 6.45) is 0.